The molecule has 0 atom stereocenters. The third kappa shape index (κ3) is 3.79. The van der Waals surface area contributed by atoms with Crippen LogP contribution < -0.4 is 4.74 Å². The first kappa shape index (κ1) is 18.7. The van der Waals surface area contributed by atoms with E-state index in [1.54, 1.807) is 30.3 Å². The van der Waals surface area contributed by atoms with Crippen LogP contribution in [0.3, 0.4) is 0 Å². The van der Waals surface area contributed by atoms with Crippen molar-refractivity contribution in [1.29, 1.82) is 0 Å². The van der Waals surface area contributed by atoms with Gasteiger partial charge in [0.1, 0.15) is 5.75 Å². The van der Waals surface area contributed by atoms with Crippen molar-refractivity contribution in [2.45, 2.75) is 6.92 Å². The summed E-state index contributed by atoms with van der Waals surface area (Å²) in [5.41, 5.74) is 3.82. The van der Waals surface area contributed by atoms with E-state index in [2.05, 4.69) is 15.9 Å². The summed E-state index contributed by atoms with van der Waals surface area (Å²) in [6.07, 6.45) is 0. The first-order chi connectivity index (χ1) is 13.5. The molecule has 0 spiro atoms. The lowest BCUT2D eigenvalue weighted by Crippen LogP contribution is -2.10. The maximum atomic E-state index is 13.0. The van der Waals surface area contributed by atoms with E-state index >= 15 is 0 Å². The Hall–Kier alpha value is -2.69. The van der Waals surface area contributed by atoms with Gasteiger partial charge in [-0.15, -0.1) is 0 Å². The van der Waals surface area contributed by atoms with E-state index in [9.17, 15) is 4.79 Å². The van der Waals surface area contributed by atoms with Crippen molar-refractivity contribution >= 4 is 44.4 Å². The molecule has 1 aromatic heterocycles. The molecular formula is C23H15BrClNO2. The van der Waals surface area contributed by atoms with E-state index in [0.717, 1.165) is 26.5 Å². The van der Waals surface area contributed by atoms with Crippen LogP contribution >= 0.6 is 27.5 Å². The highest BCUT2D eigenvalue weighted by Crippen LogP contribution is 2.28. The molecule has 1 heterocycles. The smallest absolute Gasteiger partial charge is 0.344 e. The Morgan fingerprint density at radius 2 is 1.71 bits per heavy atom. The van der Waals surface area contributed by atoms with E-state index in [0.29, 0.717) is 22.0 Å². The van der Waals surface area contributed by atoms with Crippen molar-refractivity contribution < 1.29 is 9.53 Å². The molecule has 0 aliphatic rings. The van der Waals surface area contributed by atoms with Crippen LogP contribution in [-0.2, 0) is 0 Å². The molecule has 0 bridgehead atoms. The molecule has 3 nitrogen and oxygen atoms in total. The van der Waals surface area contributed by atoms with Gasteiger partial charge in [-0.1, -0.05) is 57.9 Å². The normalized spacial score (nSPS) is 10.8. The standard InChI is InChI=1S/C23H15BrClNO2/c1-14-3-2-4-19-20(23(27)28-18-11-7-16(24)8-12-18)13-21(26-22(14)19)15-5-9-17(25)10-6-15/h2-13H,1H3. The van der Waals surface area contributed by atoms with E-state index < -0.39 is 5.97 Å². The monoisotopic (exact) mass is 451 g/mol. The van der Waals surface area contributed by atoms with Crippen LogP contribution in [0.2, 0.25) is 5.02 Å². The second kappa shape index (κ2) is 7.74. The predicted molar refractivity (Wildman–Crippen MR) is 116 cm³/mol. The number of aromatic nitrogens is 1. The lowest BCUT2D eigenvalue weighted by molar-refractivity contribution is 0.0737. The van der Waals surface area contributed by atoms with Crippen molar-refractivity contribution in [2.75, 3.05) is 0 Å². The fraction of sp³-hybridized carbons (Fsp3) is 0.0435. The van der Waals surface area contributed by atoms with Gasteiger partial charge in [0.15, 0.2) is 0 Å². The molecule has 138 valence electrons. The van der Waals surface area contributed by atoms with Crippen LogP contribution in [0.25, 0.3) is 22.2 Å². The van der Waals surface area contributed by atoms with Crippen molar-refractivity contribution in [3.8, 4) is 17.0 Å². The highest BCUT2D eigenvalue weighted by atomic mass is 79.9. The number of ether oxygens (including phenoxy) is 1. The van der Waals surface area contributed by atoms with Gasteiger partial charge in [-0.05, 0) is 55.0 Å². The van der Waals surface area contributed by atoms with Crippen molar-refractivity contribution in [3.05, 3.63) is 93.4 Å². The SMILES string of the molecule is Cc1cccc2c(C(=O)Oc3ccc(Br)cc3)cc(-c3ccc(Cl)cc3)nc12. The van der Waals surface area contributed by atoms with Crippen LogP contribution in [0.15, 0.2) is 77.3 Å². The topological polar surface area (TPSA) is 39.2 Å². The number of esters is 1. The average Bonchev–Trinajstić information content (AvgIpc) is 2.70. The van der Waals surface area contributed by atoms with Crippen molar-refractivity contribution in [2.24, 2.45) is 0 Å². The number of benzene rings is 3. The third-order valence-corrected chi connectivity index (χ3v) is 5.21. The average molecular weight is 453 g/mol. The molecule has 0 amide bonds. The van der Waals surface area contributed by atoms with Crippen molar-refractivity contribution in [1.82, 2.24) is 4.98 Å². The highest BCUT2D eigenvalue weighted by molar-refractivity contribution is 9.10. The molecule has 28 heavy (non-hydrogen) atoms. The number of hydrogen-bond donors (Lipinski definition) is 0. The van der Waals surface area contributed by atoms with Crippen LogP contribution in [-0.4, -0.2) is 11.0 Å². The van der Waals surface area contributed by atoms with E-state index in [-0.39, 0.29) is 0 Å². The number of rotatable bonds is 3. The Morgan fingerprint density at radius 3 is 2.43 bits per heavy atom. The zero-order valence-electron chi connectivity index (χ0n) is 14.9. The fourth-order valence-corrected chi connectivity index (χ4v) is 3.38. The van der Waals surface area contributed by atoms with Crippen LogP contribution in [0.4, 0.5) is 0 Å². The Labute approximate surface area is 176 Å². The summed E-state index contributed by atoms with van der Waals surface area (Å²) in [5, 5.41) is 1.41. The third-order valence-electron chi connectivity index (χ3n) is 4.43. The zero-order valence-corrected chi connectivity index (χ0v) is 17.3. The highest BCUT2D eigenvalue weighted by Gasteiger charge is 2.17. The van der Waals surface area contributed by atoms with Crippen LogP contribution in [0, 0.1) is 6.92 Å². The van der Waals surface area contributed by atoms with Gasteiger partial charge in [0.05, 0.1) is 16.8 Å². The molecule has 0 aliphatic heterocycles. The molecule has 5 heteroatoms. The summed E-state index contributed by atoms with van der Waals surface area (Å²) in [6, 6.07) is 22.1. The number of hydrogen-bond acceptors (Lipinski definition) is 3. The van der Waals surface area contributed by atoms with E-state index in [1.807, 2.05) is 49.4 Å². The number of aryl methyl sites for hydroxylation is 1. The van der Waals surface area contributed by atoms with Gasteiger partial charge < -0.3 is 4.74 Å². The number of nitrogens with zero attached hydrogens (tertiary/aromatic N) is 1. The number of pyridine rings is 1. The predicted octanol–water partition coefficient (Wildman–Crippen LogP) is 6.85. The number of para-hydroxylation sites is 1. The minimum absolute atomic E-state index is 0.421. The first-order valence-electron chi connectivity index (χ1n) is 8.65. The van der Waals surface area contributed by atoms with E-state index in [1.165, 1.54) is 0 Å². The molecule has 0 saturated heterocycles. The second-order valence-electron chi connectivity index (χ2n) is 6.38. The second-order valence-corrected chi connectivity index (χ2v) is 7.73. The molecule has 0 radical (unpaired) electrons. The van der Waals surface area contributed by atoms with Gasteiger partial charge in [0.2, 0.25) is 0 Å². The Balaban J connectivity index is 1.83. The minimum Gasteiger partial charge on any atom is -0.423 e. The quantitative estimate of drug-likeness (QED) is 0.252. The fourth-order valence-electron chi connectivity index (χ4n) is 2.99. The molecule has 0 fully saturated rings. The summed E-state index contributed by atoms with van der Waals surface area (Å²) < 4.78 is 6.52. The van der Waals surface area contributed by atoms with Crippen LogP contribution in [0.5, 0.6) is 5.75 Å². The number of fused-ring (bicyclic) bond motifs is 1. The Morgan fingerprint density at radius 1 is 1.00 bits per heavy atom. The van der Waals surface area contributed by atoms with Crippen molar-refractivity contribution in [3.63, 3.8) is 0 Å². The number of carbonyl (C=O) groups is 1. The van der Waals surface area contributed by atoms with Gasteiger partial charge in [-0.25, -0.2) is 9.78 Å². The van der Waals surface area contributed by atoms with Gasteiger partial charge in [-0.2, -0.15) is 0 Å². The summed E-state index contributed by atoms with van der Waals surface area (Å²) in [4.78, 5) is 17.8. The van der Waals surface area contributed by atoms with E-state index in [4.69, 9.17) is 21.3 Å². The van der Waals surface area contributed by atoms with Crippen LogP contribution in [0.1, 0.15) is 15.9 Å². The van der Waals surface area contributed by atoms with Gasteiger partial charge >= 0.3 is 5.97 Å². The van der Waals surface area contributed by atoms with Gasteiger partial charge in [-0.3, -0.25) is 0 Å². The lowest BCUT2D eigenvalue weighted by Gasteiger charge is -2.11. The zero-order chi connectivity index (χ0) is 19.7. The summed E-state index contributed by atoms with van der Waals surface area (Å²) in [7, 11) is 0. The lowest BCUT2D eigenvalue weighted by atomic mass is 10.0. The summed E-state index contributed by atoms with van der Waals surface area (Å²) in [6.45, 7) is 1.98. The Bertz CT molecular complexity index is 1170. The molecule has 0 saturated carbocycles. The molecular weight excluding hydrogens is 438 g/mol. The number of halogens is 2. The molecule has 3 aromatic carbocycles. The minimum atomic E-state index is -0.421. The molecule has 0 unspecified atom stereocenters. The maximum Gasteiger partial charge on any atom is 0.344 e. The van der Waals surface area contributed by atoms with Gasteiger partial charge in [0, 0.05) is 20.4 Å². The molecule has 0 N–H and O–H groups in total. The number of carbonyl (C=O) groups excluding carboxylic acids is 1. The molecule has 4 aromatic rings. The van der Waals surface area contributed by atoms with Gasteiger partial charge in [0.25, 0.3) is 0 Å². The maximum absolute atomic E-state index is 13.0. The first-order valence-corrected chi connectivity index (χ1v) is 9.82. The molecule has 0 aliphatic carbocycles. The Kier molecular flexibility index (Phi) is 5.16. The summed E-state index contributed by atoms with van der Waals surface area (Å²) >= 11 is 9.38. The largest absolute Gasteiger partial charge is 0.423 e. The molecule has 4 rings (SSSR count). The summed E-state index contributed by atoms with van der Waals surface area (Å²) in [5.74, 6) is 0.0643.